The zero-order chi connectivity index (χ0) is 19.8. The van der Waals surface area contributed by atoms with Crippen LogP contribution >= 0.6 is 11.8 Å². The van der Waals surface area contributed by atoms with E-state index in [4.69, 9.17) is 5.11 Å². The number of aliphatic carboxylic acids is 1. The Hall–Kier alpha value is -1.87. The van der Waals surface area contributed by atoms with Crippen LogP contribution in [0.4, 0.5) is 5.69 Å². The number of rotatable bonds is 5. The Kier molecular flexibility index (Phi) is 5.62. The molecule has 146 valence electrons. The number of carbonyl (C=O) groups excluding carboxylic acids is 1. The number of amidine groups is 1. The lowest BCUT2D eigenvalue weighted by Crippen LogP contribution is -2.37. The normalized spacial score (nSPS) is 25.1. The third-order valence-electron chi connectivity index (χ3n) is 4.68. The van der Waals surface area contributed by atoms with Crippen LogP contribution in [-0.4, -0.2) is 53.4 Å². The number of hydrogen-bond acceptors (Lipinski definition) is 5. The molecule has 0 radical (unpaired) electrons. The van der Waals surface area contributed by atoms with E-state index in [2.05, 4.69) is 18.8 Å². The number of hydrogen-bond donors (Lipinski definition) is 1. The number of amides is 1. The van der Waals surface area contributed by atoms with Crippen LogP contribution in [0.3, 0.4) is 0 Å². The van der Waals surface area contributed by atoms with Gasteiger partial charge in [0.1, 0.15) is 0 Å². The quantitative estimate of drug-likeness (QED) is 0.794. The van der Waals surface area contributed by atoms with Crippen molar-refractivity contribution >= 4 is 44.3 Å². The maximum absolute atomic E-state index is 12.1. The topological polar surface area (TPSA) is 104 Å². The lowest BCUT2D eigenvalue weighted by molar-refractivity contribution is -0.138. The second-order valence-corrected chi connectivity index (χ2v) is 10.5. The van der Waals surface area contributed by atoms with E-state index in [1.54, 1.807) is 0 Å². The molecule has 0 unspecified atom stereocenters. The first-order valence-electron chi connectivity index (χ1n) is 8.76. The van der Waals surface area contributed by atoms with Gasteiger partial charge in [-0.25, -0.2) is 8.42 Å². The number of sulfone groups is 1. The molecule has 2 saturated heterocycles. The van der Waals surface area contributed by atoms with Crippen molar-refractivity contribution in [1.29, 1.82) is 0 Å². The molecule has 2 heterocycles. The molecule has 7 nitrogen and oxygen atoms in total. The van der Waals surface area contributed by atoms with Crippen molar-refractivity contribution in [1.82, 2.24) is 0 Å². The van der Waals surface area contributed by atoms with Crippen LogP contribution < -0.4 is 4.90 Å². The maximum atomic E-state index is 12.1. The van der Waals surface area contributed by atoms with Crippen molar-refractivity contribution in [3.63, 3.8) is 0 Å². The zero-order valence-electron chi connectivity index (χ0n) is 15.2. The van der Waals surface area contributed by atoms with Crippen molar-refractivity contribution in [3.8, 4) is 0 Å². The highest BCUT2D eigenvalue weighted by Crippen LogP contribution is 2.41. The van der Waals surface area contributed by atoms with Crippen molar-refractivity contribution in [2.75, 3.05) is 16.4 Å². The Morgan fingerprint density at radius 1 is 1.22 bits per heavy atom. The summed E-state index contributed by atoms with van der Waals surface area (Å²) in [6.07, 6.45) is -0.447. The van der Waals surface area contributed by atoms with E-state index in [1.165, 1.54) is 11.8 Å². The van der Waals surface area contributed by atoms with Gasteiger partial charge in [0.15, 0.2) is 15.0 Å². The van der Waals surface area contributed by atoms with E-state index in [0.29, 0.717) is 11.1 Å². The number of fused-ring (bicyclic) bond motifs is 1. The molecular formula is C18H22N2O5S2. The van der Waals surface area contributed by atoms with Gasteiger partial charge in [0.25, 0.3) is 0 Å². The van der Waals surface area contributed by atoms with E-state index in [0.717, 1.165) is 11.3 Å². The number of nitrogens with zero attached hydrogens (tertiary/aromatic N) is 2. The second kappa shape index (κ2) is 7.63. The van der Waals surface area contributed by atoms with Gasteiger partial charge in [-0.2, -0.15) is 4.99 Å². The van der Waals surface area contributed by atoms with E-state index < -0.39 is 21.7 Å². The minimum absolute atomic E-state index is 0.0267. The number of carboxylic acids is 1. The highest BCUT2D eigenvalue weighted by molar-refractivity contribution is 8.16. The lowest BCUT2D eigenvalue weighted by Gasteiger charge is -2.25. The third-order valence-corrected chi connectivity index (χ3v) is 7.89. The monoisotopic (exact) mass is 410 g/mol. The molecule has 0 bridgehead atoms. The lowest BCUT2D eigenvalue weighted by atomic mass is 10.0. The Bertz CT molecular complexity index is 878. The number of benzene rings is 1. The number of anilines is 1. The molecule has 1 N–H and O–H groups in total. The fraction of sp³-hybridized carbons (Fsp3) is 0.500. The zero-order valence-corrected chi connectivity index (χ0v) is 16.8. The molecule has 2 fully saturated rings. The Morgan fingerprint density at radius 3 is 2.48 bits per heavy atom. The minimum atomic E-state index is -3.12. The molecule has 3 rings (SSSR count). The molecular weight excluding hydrogens is 388 g/mol. The average molecular weight is 411 g/mol. The summed E-state index contributed by atoms with van der Waals surface area (Å²) in [6, 6.07) is 7.55. The first-order chi connectivity index (χ1) is 12.7. The van der Waals surface area contributed by atoms with Crippen LogP contribution in [0.1, 0.15) is 38.2 Å². The molecule has 1 aromatic carbocycles. The summed E-state index contributed by atoms with van der Waals surface area (Å²) in [5.41, 5.74) is 1.96. The first kappa shape index (κ1) is 19.9. The first-order valence-corrected chi connectivity index (χ1v) is 11.5. The van der Waals surface area contributed by atoms with Crippen LogP contribution in [0.15, 0.2) is 29.3 Å². The Morgan fingerprint density at radius 2 is 1.89 bits per heavy atom. The third kappa shape index (κ3) is 4.52. The van der Waals surface area contributed by atoms with Gasteiger partial charge in [-0.05, 0) is 23.6 Å². The fourth-order valence-electron chi connectivity index (χ4n) is 3.26. The number of aliphatic imine (C=N–C) groups is 1. The van der Waals surface area contributed by atoms with Crippen molar-refractivity contribution in [2.24, 2.45) is 4.99 Å². The molecule has 2 aliphatic rings. The van der Waals surface area contributed by atoms with Crippen LogP contribution in [0, 0.1) is 0 Å². The van der Waals surface area contributed by atoms with Gasteiger partial charge in [-0.15, -0.1) is 0 Å². The summed E-state index contributed by atoms with van der Waals surface area (Å²) in [4.78, 5) is 28.6. The van der Waals surface area contributed by atoms with Crippen molar-refractivity contribution in [2.45, 2.75) is 43.9 Å². The molecule has 9 heteroatoms. The second-order valence-electron chi connectivity index (χ2n) is 7.10. The molecule has 0 aliphatic carbocycles. The highest BCUT2D eigenvalue weighted by Gasteiger charge is 2.49. The predicted octanol–water partition coefficient (Wildman–Crippen LogP) is 2.28. The standard InChI is InChI=1S/C18H22N2O5S2/c1-11(2)12-3-5-13(6-4-12)20-14-9-27(24,25)10-15(14)26-18(20)19-16(21)7-8-17(22)23/h3-6,11,14-15H,7-10H2,1-2H3,(H,22,23)/t14-,15-/m0/s1. The Labute approximate surface area is 162 Å². The van der Waals surface area contributed by atoms with Gasteiger partial charge in [0, 0.05) is 17.4 Å². The largest absolute Gasteiger partial charge is 0.481 e. The molecule has 1 aromatic rings. The predicted molar refractivity (Wildman–Crippen MR) is 106 cm³/mol. The van der Waals surface area contributed by atoms with Crippen LogP contribution in [0.5, 0.6) is 0 Å². The van der Waals surface area contributed by atoms with Gasteiger partial charge in [0.2, 0.25) is 5.91 Å². The van der Waals surface area contributed by atoms with Gasteiger partial charge >= 0.3 is 5.97 Å². The molecule has 0 spiro atoms. The summed E-state index contributed by atoms with van der Waals surface area (Å²) >= 11 is 1.29. The van der Waals surface area contributed by atoms with Gasteiger partial charge in [-0.1, -0.05) is 37.7 Å². The number of carbonyl (C=O) groups is 2. The van der Waals surface area contributed by atoms with Crippen molar-refractivity contribution in [3.05, 3.63) is 29.8 Å². The molecule has 2 aliphatic heterocycles. The van der Waals surface area contributed by atoms with Crippen LogP contribution in [-0.2, 0) is 19.4 Å². The maximum Gasteiger partial charge on any atom is 0.303 e. The fourth-order valence-corrected chi connectivity index (χ4v) is 7.19. The molecule has 2 atom stereocenters. The van der Waals surface area contributed by atoms with Crippen LogP contribution in [0.25, 0.3) is 0 Å². The van der Waals surface area contributed by atoms with Crippen molar-refractivity contribution < 1.29 is 23.1 Å². The van der Waals surface area contributed by atoms with E-state index >= 15 is 0 Å². The summed E-state index contributed by atoms with van der Waals surface area (Å²) in [7, 11) is -3.12. The number of carboxylic acid groups (broad SMARTS) is 1. The average Bonchev–Trinajstić information content (AvgIpc) is 3.03. The molecule has 1 amide bonds. The summed E-state index contributed by atoms with van der Waals surface area (Å²) < 4.78 is 24.1. The molecule has 27 heavy (non-hydrogen) atoms. The van der Waals surface area contributed by atoms with E-state index in [1.807, 2.05) is 29.2 Å². The van der Waals surface area contributed by atoms with E-state index in [-0.39, 0.29) is 35.6 Å². The van der Waals surface area contributed by atoms with Gasteiger partial charge in [0.05, 0.1) is 24.0 Å². The van der Waals surface area contributed by atoms with Gasteiger partial charge < -0.3 is 10.0 Å². The highest BCUT2D eigenvalue weighted by atomic mass is 32.2. The van der Waals surface area contributed by atoms with Crippen LogP contribution in [0.2, 0.25) is 0 Å². The SMILES string of the molecule is CC(C)c1ccc(N2C(=NC(=O)CCC(=O)O)S[C@H]3CS(=O)(=O)C[C@@H]32)cc1. The van der Waals surface area contributed by atoms with Gasteiger partial charge in [-0.3, -0.25) is 9.59 Å². The number of thioether (sulfide) groups is 1. The van der Waals surface area contributed by atoms with E-state index in [9.17, 15) is 18.0 Å². The summed E-state index contributed by atoms with van der Waals surface area (Å²) in [6.45, 7) is 4.18. The molecule has 0 aromatic heterocycles. The summed E-state index contributed by atoms with van der Waals surface area (Å²) in [5, 5.41) is 9.01. The summed E-state index contributed by atoms with van der Waals surface area (Å²) in [5.74, 6) is -1.10. The minimum Gasteiger partial charge on any atom is -0.481 e. The molecule has 0 saturated carbocycles. The smallest absolute Gasteiger partial charge is 0.303 e. The Balaban J connectivity index is 1.90.